The fourth-order valence-corrected chi connectivity index (χ4v) is 2.84. The summed E-state index contributed by atoms with van der Waals surface area (Å²) in [6.07, 6.45) is 0. The van der Waals surface area contributed by atoms with Crippen molar-refractivity contribution in [2.24, 2.45) is 5.92 Å². The first-order valence-corrected chi connectivity index (χ1v) is 8.17. The standard InChI is InChI=1S/C18H29FN2O/c1-6-21(7-2)14(5)12-20-18(22)17(13(3)4)15-8-10-16(19)11-9-15/h8-11,13-14,17H,6-7,12H2,1-5H3,(H,20,22). The molecule has 0 fully saturated rings. The minimum atomic E-state index is -0.276. The zero-order chi connectivity index (χ0) is 16.7. The highest BCUT2D eigenvalue weighted by Gasteiger charge is 2.24. The molecule has 0 spiro atoms. The molecule has 4 heteroatoms. The molecule has 0 aliphatic rings. The molecule has 1 rings (SSSR count). The highest BCUT2D eigenvalue weighted by Crippen LogP contribution is 2.24. The van der Waals surface area contributed by atoms with E-state index in [1.54, 1.807) is 12.1 Å². The number of carbonyl (C=O) groups excluding carboxylic acids is 1. The Morgan fingerprint density at radius 3 is 2.14 bits per heavy atom. The summed E-state index contributed by atoms with van der Waals surface area (Å²) in [6.45, 7) is 13.0. The maximum Gasteiger partial charge on any atom is 0.227 e. The van der Waals surface area contributed by atoms with Crippen molar-refractivity contribution in [2.45, 2.75) is 46.6 Å². The van der Waals surface area contributed by atoms with Gasteiger partial charge in [-0.15, -0.1) is 0 Å². The number of hydrogen-bond acceptors (Lipinski definition) is 2. The Bertz CT molecular complexity index is 455. The Labute approximate surface area is 133 Å². The third-order valence-corrected chi connectivity index (χ3v) is 4.19. The fraction of sp³-hybridized carbons (Fsp3) is 0.611. The lowest BCUT2D eigenvalue weighted by Gasteiger charge is -2.28. The monoisotopic (exact) mass is 308 g/mol. The number of halogens is 1. The highest BCUT2D eigenvalue weighted by atomic mass is 19.1. The number of hydrogen-bond donors (Lipinski definition) is 1. The maximum atomic E-state index is 13.1. The van der Waals surface area contributed by atoms with Gasteiger partial charge in [0.1, 0.15) is 5.82 Å². The first-order valence-electron chi connectivity index (χ1n) is 8.17. The Balaban J connectivity index is 2.72. The van der Waals surface area contributed by atoms with E-state index in [0.29, 0.717) is 12.6 Å². The van der Waals surface area contributed by atoms with Crippen molar-refractivity contribution in [2.75, 3.05) is 19.6 Å². The van der Waals surface area contributed by atoms with Gasteiger partial charge < -0.3 is 5.32 Å². The van der Waals surface area contributed by atoms with Gasteiger partial charge in [0, 0.05) is 12.6 Å². The quantitative estimate of drug-likeness (QED) is 0.798. The van der Waals surface area contributed by atoms with Crippen molar-refractivity contribution in [1.29, 1.82) is 0 Å². The van der Waals surface area contributed by atoms with Gasteiger partial charge in [-0.05, 0) is 43.6 Å². The van der Waals surface area contributed by atoms with Gasteiger partial charge in [-0.3, -0.25) is 9.69 Å². The van der Waals surface area contributed by atoms with E-state index >= 15 is 0 Å². The molecule has 3 nitrogen and oxygen atoms in total. The molecule has 124 valence electrons. The molecule has 1 aromatic carbocycles. The van der Waals surface area contributed by atoms with Crippen LogP contribution in [0.2, 0.25) is 0 Å². The Morgan fingerprint density at radius 2 is 1.68 bits per heavy atom. The van der Waals surface area contributed by atoms with Gasteiger partial charge in [-0.1, -0.05) is 39.8 Å². The molecule has 0 aliphatic heterocycles. The molecule has 0 aliphatic carbocycles. The molecule has 0 bridgehead atoms. The molecule has 0 radical (unpaired) electrons. The molecule has 2 atom stereocenters. The molecule has 1 N–H and O–H groups in total. The van der Waals surface area contributed by atoms with Crippen molar-refractivity contribution in [3.63, 3.8) is 0 Å². The minimum absolute atomic E-state index is 0.0145. The summed E-state index contributed by atoms with van der Waals surface area (Å²) >= 11 is 0. The van der Waals surface area contributed by atoms with E-state index in [2.05, 4.69) is 31.0 Å². The molecule has 1 amide bonds. The van der Waals surface area contributed by atoms with Gasteiger partial charge in [0.2, 0.25) is 5.91 Å². The number of amides is 1. The third-order valence-electron chi connectivity index (χ3n) is 4.19. The van der Waals surface area contributed by atoms with Crippen molar-refractivity contribution >= 4 is 5.91 Å². The van der Waals surface area contributed by atoms with Crippen molar-refractivity contribution < 1.29 is 9.18 Å². The van der Waals surface area contributed by atoms with Gasteiger partial charge in [0.15, 0.2) is 0 Å². The zero-order valence-corrected chi connectivity index (χ0v) is 14.4. The molecule has 0 heterocycles. The van der Waals surface area contributed by atoms with Gasteiger partial charge in [-0.25, -0.2) is 4.39 Å². The van der Waals surface area contributed by atoms with Crippen LogP contribution in [-0.2, 0) is 4.79 Å². The van der Waals surface area contributed by atoms with Gasteiger partial charge in [0.25, 0.3) is 0 Å². The first-order chi connectivity index (χ1) is 10.4. The van der Waals surface area contributed by atoms with Crippen LogP contribution in [0.25, 0.3) is 0 Å². The molecule has 0 aromatic heterocycles. The lowest BCUT2D eigenvalue weighted by Crippen LogP contribution is -2.43. The van der Waals surface area contributed by atoms with E-state index < -0.39 is 0 Å². The van der Waals surface area contributed by atoms with Gasteiger partial charge >= 0.3 is 0 Å². The second kappa shape index (κ2) is 8.89. The van der Waals surface area contributed by atoms with Crippen LogP contribution in [0.5, 0.6) is 0 Å². The molecular formula is C18H29FN2O. The largest absolute Gasteiger partial charge is 0.354 e. The van der Waals surface area contributed by atoms with Crippen LogP contribution in [-0.4, -0.2) is 36.5 Å². The molecular weight excluding hydrogens is 279 g/mol. The van der Waals surface area contributed by atoms with Crippen LogP contribution in [0.3, 0.4) is 0 Å². The van der Waals surface area contributed by atoms with E-state index in [1.807, 2.05) is 13.8 Å². The summed E-state index contributed by atoms with van der Waals surface area (Å²) in [5.41, 5.74) is 0.865. The first kappa shape index (κ1) is 18.6. The zero-order valence-electron chi connectivity index (χ0n) is 14.4. The molecule has 0 saturated carbocycles. The van der Waals surface area contributed by atoms with E-state index in [9.17, 15) is 9.18 Å². The van der Waals surface area contributed by atoms with Crippen LogP contribution in [0, 0.1) is 11.7 Å². The Hall–Kier alpha value is -1.42. The van der Waals surface area contributed by atoms with Gasteiger partial charge in [0.05, 0.1) is 5.92 Å². The van der Waals surface area contributed by atoms with Crippen LogP contribution < -0.4 is 5.32 Å². The fourth-order valence-electron chi connectivity index (χ4n) is 2.84. The SMILES string of the molecule is CCN(CC)C(C)CNC(=O)C(c1ccc(F)cc1)C(C)C. The lowest BCUT2D eigenvalue weighted by molar-refractivity contribution is -0.123. The summed E-state index contributed by atoms with van der Waals surface area (Å²) in [5.74, 6) is -0.346. The molecule has 1 aromatic rings. The van der Waals surface area contributed by atoms with Gasteiger partial charge in [-0.2, -0.15) is 0 Å². The minimum Gasteiger partial charge on any atom is -0.354 e. The predicted octanol–water partition coefficient (Wildman–Crippen LogP) is 3.41. The smallest absolute Gasteiger partial charge is 0.227 e. The van der Waals surface area contributed by atoms with E-state index in [-0.39, 0.29) is 23.6 Å². The maximum absolute atomic E-state index is 13.1. The predicted molar refractivity (Wildman–Crippen MR) is 89.4 cm³/mol. The highest BCUT2D eigenvalue weighted by molar-refractivity contribution is 5.83. The summed E-state index contributed by atoms with van der Waals surface area (Å²) in [7, 11) is 0. The average molecular weight is 308 g/mol. The van der Waals surface area contributed by atoms with Crippen LogP contribution >= 0.6 is 0 Å². The second-order valence-corrected chi connectivity index (χ2v) is 6.09. The summed E-state index contributed by atoms with van der Waals surface area (Å²) in [6, 6.07) is 6.54. The summed E-state index contributed by atoms with van der Waals surface area (Å²) in [5, 5.41) is 3.05. The van der Waals surface area contributed by atoms with E-state index in [0.717, 1.165) is 18.7 Å². The third kappa shape index (κ3) is 5.09. The normalized spacial score (nSPS) is 14.2. The lowest BCUT2D eigenvalue weighted by atomic mass is 9.87. The van der Waals surface area contributed by atoms with Crippen LogP contribution in [0.15, 0.2) is 24.3 Å². The molecule has 0 saturated heterocycles. The summed E-state index contributed by atoms with van der Waals surface area (Å²) < 4.78 is 13.1. The number of nitrogens with one attached hydrogen (secondary N) is 1. The number of likely N-dealkylation sites (N-methyl/N-ethyl adjacent to an activating group) is 1. The van der Waals surface area contributed by atoms with Crippen molar-refractivity contribution in [1.82, 2.24) is 10.2 Å². The number of benzene rings is 1. The summed E-state index contributed by atoms with van der Waals surface area (Å²) in [4.78, 5) is 14.9. The number of nitrogens with zero attached hydrogens (tertiary/aromatic N) is 1. The average Bonchev–Trinajstić information content (AvgIpc) is 2.48. The van der Waals surface area contributed by atoms with Crippen molar-refractivity contribution in [3.05, 3.63) is 35.6 Å². The van der Waals surface area contributed by atoms with Crippen molar-refractivity contribution in [3.8, 4) is 0 Å². The van der Waals surface area contributed by atoms with E-state index in [1.165, 1.54) is 12.1 Å². The number of carbonyl (C=O) groups is 1. The van der Waals surface area contributed by atoms with E-state index in [4.69, 9.17) is 0 Å². The number of rotatable bonds is 8. The Kier molecular flexibility index (Phi) is 7.52. The Morgan fingerprint density at radius 1 is 1.14 bits per heavy atom. The topological polar surface area (TPSA) is 32.3 Å². The molecule has 22 heavy (non-hydrogen) atoms. The second-order valence-electron chi connectivity index (χ2n) is 6.09. The van der Waals surface area contributed by atoms with Crippen LogP contribution in [0.1, 0.15) is 46.1 Å². The molecule has 2 unspecified atom stereocenters. The van der Waals surface area contributed by atoms with Crippen LogP contribution in [0.4, 0.5) is 4.39 Å².